The zero-order chi connectivity index (χ0) is 12.4. The van der Waals surface area contributed by atoms with Crippen LogP contribution < -0.4 is 0 Å². The molecular weight excluding hydrogens is 212 g/mol. The molecule has 2 aromatic rings. The van der Waals surface area contributed by atoms with Gasteiger partial charge in [0.1, 0.15) is 12.4 Å². The van der Waals surface area contributed by atoms with Crippen molar-refractivity contribution in [2.24, 2.45) is 7.05 Å². The Hall–Kier alpha value is -1.35. The quantitative estimate of drug-likeness (QED) is 0.880. The minimum absolute atomic E-state index is 0.00544. The average molecular weight is 232 g/mol. The van der Waals surface area contributed by atoms with Crippen molar-refractivity contribution in [2.75, 3.05) is 0 Å². The Kier molecular flexibility index (Phi) is 3.48. The maximum atomic E-state index is 9.22. The normalized spacial score (nSPS) is 11.3. The molecule has 0 saturated heterocycles. The molecule has 0 amide bonds. The Morgan fingerprint density at radius 2 is 2.12 bits per heavy atom. The smallest absolute Gasteiger partial charge is 0.135 e. The Morgan fingerprint density at radius 3 is 2.76 bits per heavy atom. The van der Waals surface area contributed by atoms with E-state index in [1.807, 2.05) is 11.6 Å². The molecule has 3 nitrogen and oxygen atoms in total. The molecule has 0 saturated carbocycles. The second-order valence-electron chi connectivity index (χ2n) is 4.62. The zero-order valence-electron chi connectivity index (χ0n) is 10.8. The third-order valence-electron chi connectivity index (χ3n) is 3.37. The van der Waals surface area contributed by atoms with Crippen molar-refractivity contribution in [2.45, 2.75) is 39.7 Å². The highest BCUT2D eigenvalue weighted by molar-refractivity contribution is 5.78. The summed E-state index contributed by atoms with van der Waals surface area (Å²) in [6.07, 6.45) is 3.54. The number of fused-ring (bicyclic) bond motifs is 1. The molecule has 0 spiro atoms. The molecule has 0 atom stereocenters. The lowest BCUT2D eigenvalue weighted by Gasteiger charge is -2.06. The summed E-state index contributed by atoms with van der Waals surface area (Å²) in [5.41, 5.74) is 4.79. The van der Waals surface area contributed by atoms with E-state index >= 15 is 0 Å². The number of hydrogen-bond acceptors (Lipinski definition) is 2. The van der Waals surface area contributed by atoms with Gasteiger partial charge in [-0.25, -0.2) is 4.98 Å². The maximum Gasteiger partial charge on any atom is 0.135 e. The van der Waals surface area contributed by atoms with Gasteiger partial charge in [0.2, 0.25) is 0 Å². The largest absolute Gasteiger partial charge is 0.388 e. The van der Waals surface area contributed by atoms with Crippen molar-refractivity contribution in [1.82, 2.24) is 9.55 Å². The van der Waals surface area contributed by atoms with Crippen molar-refractivity contribution in [3.8, 4) is 0 Å². The monoisotopic (exact) mass is 232 g/mol. The topological polar surface area (TPSA) is 38.1 Å². The molecule has 0 aliphatic rings. The summed E-state index contributed by atoms with van der Waals surface area (Å²) in [5, 5.41) is 9.22. The summed E-state index contributed by atoms with van der Waals surface area (Å²) >= 11 is 0. The first-order chi connectivity index (χ1) is 8.17. The lowest BCUT2D eigenvalue weighted by molar-refractivity contribution is 0.268. The van der Waals surface area contributed by atoms with Gasteiger partial charge in [-0.05, 0) is 43.0 Å². The van der Waals surface area contributed by atoms with E-state index in [2.05, 4.69) is 31.0 Å². The number of imidazole rings is 1. The van der Waals surface area contributed by atoms with Gasteiger partial charge in [0.05, 0.1) is 11.0 Å². The summed E-state index contributed by atoms with van der Waals surface area (Å²) in [4.78, 5) is 4.45. The fraction of sp³-hybridized carbons (Fsp3) is 0.500. The van der Waals surface area contributed by atoms with Crippen LogP contribution in [0, 0.1) is 6.92 Å². The van der Waals surface area contributed by atoms with E-state index in [1.54, 1.807) is 0 Å². The summed E-state index contributed by atoms with van der Waals surface area (Å²) in [5.74, 6) is 0.729. The third kappa shape index (κ3) is 2.20. The van der Waals surface area contributed by atoms with Crippen LogP contribution in [-0.4, -0.2) is 14.7 Å². The van der Waals surface area contributed by atoms with Gasteiger partial charge < -0.3 is 9.67 Å². The summed E-state index contributed by atoms with van der Waals surface area (Å²) in [6.45, 7) is 4.35. The molecule has 3 heteroatoms. The molecule has 0 radical (unpaired) electrons. The van der Waals surface area contributed by atoms with Gasteiger partial charge in [-0.2, -0.15) is 0 Å². The minimum atomic E-state index is -0.00544. The van der Waals surface area contributed by atoms with Crippen LogP contribution in [0.2, 0.25) is 0 Å². The van der Waals surface area contributed by atoms with Gasteiger partial charge in [-0.15, -0.1) is 0 Å². The summed E-state index contributed by atoms with van der Waals surface area (Å²) in [6, 6.07) is 4.34. The molecule has 2 rings (SSSR count). The summed E-state index contributed by atoms with van der Waals surface area (Å²) in [7, 11) is 1.95. The van der Waals surface area contributed by atoms with Crippen molar-refractivity contribution < 1.29 is 5.11 Å². The van der Waals surface area contributed by atoms with Crippen molar-refractivity contribution in [1.29, 1.82) is 0 Å². The van der Waals surface area contributed by atoms with E-state index in [0.29, 0.717) is 0 Å². The SMILES string of the molecule is CCCCc1cc2nc(CO)n(C)c2cc1C. The Balaban J connectivity index is 2.49. The molecule has 0 aliphatic carbocycles. The van der Waals surface area contributed by atoms with Crippen LogP contribution in [0.3, 0.4) is 0 Å². The Labute approximate surface area is 102 Å². The molecule has 1 heterocycles. The van der Waals surface area contributed by atoms with Gasteiger partial charge in [0.25, 0.3) is 0 Å². The van der Waals surface area contributed by atoms with Crippen LogP contribution >= 0.6 is 0 Å². The van der Waals surface area contributed by atoms with Crippen molar-refractivity contribution in [3.05, 3.63) is 29.1 Å². The number of rotatable bonds is 4. The first-order valence-corrected chi connectivity index (χ1v) is 6.23. The predicted octanol–water partition coefficient (Wildman–Crippen LogP) is 2.72. The number of hydrogen-bond donors (Lipinski definition) is 1. The standard InChI is InChI=1S/C14H20N2O/c1-4-5-6-11-8-12-13(7-10(11)2)16(3)14(9-17)15-12/h7-8,17H,4-6,9H2,1-3H3. The van der Waals surface area contributed by atoms with Crippen LogP contribution in [0.4, 0.5) is 0 Å². The van der Waals surface area contributed by atoms with E-state index in [9.17, 15) is 5.11 Å². The lowest BCUT2D eigenvalue weighted by Crippen LogP contribution is -1.96. The zero-order valence-corrected chi connectivity index (χ0v) is 10.8. The van der Waals surface area contributed by atoms with E-state index in [0.717, 1.165) is 23.3 Å². The van der Waals surface area contributed by atoms with Crippen LogP contribution in [0.25, 0.3) is 11.0 Å². The maximum absolute atomic E-state index is 9.22. The number of unbranched alkanes of at least 4 members (excludes halogenated alkanes) is 1. The Bertz CT molecular complexity index is 528. The van der Waals surface area contributed by atoms with Crippen LogP contribution in [0.15, 0.2) is 12.1 Å². The number of aryl methyl sites for hydroxylation is 3. The summed E-state index contributed by atoms with van der Waals surface area (Å²) < 4.78 is 1.96. The molecule has 1 N–H and O–H groups in total. The highest BCUT2D eigenvalue weighted by Gasteiger charge is 2.09. The minimum Gasteiger partial charge on any atom is -0.388 e. The Morgan fingerprint density at radius 1 is 1.35 bits per heavy atom. The number of aliphatic hydroxyl groups excluding tert-OH is 1. The molecule has 0 fully saturated rings. The predicted molar refractivity (Wildman–Crippen MR) is 70.0 cm³/mol. The average Bonchev–Trinajstić information content (AvgIpc) is 2.63. The highest BCUT2D eigenvalue weighted by Crippen LogP contribution is 2.21. The molecule has 17 heavy (non-hydrogen) atoms. The second-order valence-corrected chi connectivity index (χ2v) is 4.62. The molecule has 1 aromatic heterocycles. The van der Waals surface area contributed by atoms with Gasteiger partial charge in [-0.1, -0.05) is 13.3 Å². The lowest BCUT2D eigenvalue weighted by atomic mass is 10.0. The number of benzene rings is 1. The van der Waals surface area contributed by atoms with Crippen molar-refractivity contribution >= 4 is 11.0 Å². The van der Waals surface area contributed by atoms with Crippen LogP contribution in [0.5, 0.6) is 0 Å². The number of nitrogens with zero attached hydrogens (tertiary/aromatic N) is 2. The molecule has 0 bridgehead atoms. The van der Waals surface area contributed by atoms with E-state index < -0.39 is 0 Å². The fourth-order valence-electron chi connectivity index (χ4n) is 2.21. The first-order valence-electron chi connectivity index (χ1n) is 6.23. The molecule has 92 valence electrons. The molecule has 0 unspecified atom stereocenters. The molecular formula is C14H20N2O. The first kappa shape index (κ1) is 12.1. The van der Waals surface area contributed by atoms with E-state index in [1.165, 1.54) is 24.0 Å². The van der Waals surface area contributed by atoms with E-state index in [-0.39, 0.29) is 6.61 Å². The third-order valence-corrected chi connectivity index (χ3v) is 3.37. The van der Waals surface area contributed by atoms with Crippen LogP contribution in [-0.2, 0) is 20.1 Å². The van der Waals surface area contributed by atoms with Gasteiger partial charge in [0, 0.05) is 7.05 Å². The van der Waals surface area contributed by atoms with Crippen LogP contribution in [0.1, 0.15) is 36.7 Å². The van der Waals surface area contributed by atoms with Gasteiger partial charge in [-0.3, -0.25) is 0 Å². The number of aromatic nitrogens is 2. The molecule has 0 aliphatic heterocycles. The van der Waals surface area contributed by atoms with E-state index in [4.69, 9.17) is 0 Å². The number of aliphatic hydroxyl groups is 1. The van der Waals surface area contributed by atoms with Crippen molar-refractivity contribution in [3.63, 3.8) is 0 Å². The van der Waals surface area contributed by atoms with Gasteiger partial charge in [0.15, 0.2) is 0 Å². The highest BCUT2D eigenvalue weighted by atomic mass is 16.3. The van der Waals surface area contributed by atoms with Gasteiger partial charge >= 0.3 is 0 Å². The fourth-order valence-corrected chi connectivity index (χ4v) is 2.21. The second kappa shape index (κ2) is 4.88. The molecule has 1 aromatic carbocycles.